The van der Waals surface area contributed by atoms with Crippen molar-refractivity contribution in [1.82, 2.24) is 20.2 Å². The summed E-state index contributed by atoms with van der Waals surface area (Å²) in [5.41, 5.74) is -3.84. The van der Waals surface area contributed by atoms with Gasteiger partial charge in [0.2, 0.25) is 0 Å². The van der Waals surface area contributed by atoms with E-state index < -0.39 is 53.6 Å². The summed E-state index contributed by atoms with van der Waals surface area (Å²) in [7, 11) is 0. The zero-order valence-electron chi connectivity index (χ0n) is 19.6. The fourth-order valence-corrected chi connectivity index (χ4v) is 3.35. The number of benzene rings is 1. The van der Waals surface area contributed by atoms with Gasteiger partial charge in [0.05, 0.1) is 6.54 Å². The van der Waals surface area contributed by atoms with E-state index in [0.29, 0.717) is 11.6 Å². The molecule has 0 radical (unpaired) electrons. The van der Waals surface area contributed by atoms with Crippen LogP contribution in [-0.4, -0.2) is 49.1 Å². The largest absolute Gasteiger partial charge is 2.00 e. The molecule has 1 aromatic heterocycles. The first-order valence-electron chi connectivity index (χ1n) is 10.7. The number of halogens is 5. The minimum atomic E-state index is -4.02. The predicted molar refractivity (Wildman–Crippen MR) is 122 cm³/mol. The first-order valence-corrected chi connectivity index (χ1v) is 10.7. The second-order valence-electron chi connectivity index (χ2n) is 7.50. The summed E-state index contributed by atoms with van der Waals surface area (Å²) in [5.74, 6) is -6.06. The van der Waals surface area contributed by atoms with Gasteiger partial charge in [0.1, 0.15) is 18.0 Å². The molecule has 1 N–H and O–H groups in total. The number of rotatable bonds is 8. The maximum Gasteiger partial charge on any atom is 2.00 e. The van der Waals surface area contributed by atoms with Gasteiger partial charge in [0.15, 0.2) is 5.60 Å². The molecule has 0 fully saturated rings. The molecule has 0 saturated carbocycles. The number of allylic oxidation sites excluding steroid dienone is 5. The van der Waals surface area contributed by atoms with Crippen molar-refractivity contribution in [1.29, 1.82) is 0 Å². The minimum Gasteiger partial charge on any atom is -0.377 e. The molecule has 1 aliphatic rings. The van der Waals surface area contributed by atoms with Gasteiger partial charge in [0.25, 0.3) is 0 Å². The summed E-state index contributed by atoms with van der Waals surface area (Å²) < 4.78 is 71.4. The normalized spacial score (nSPS) is 17.0. The van der Waals surface area contributed by atoms with Gasteiger partial charge in [-0.1, -0.05) is 30.3 Å². The number of tetrazole rings is 1. The van der Waals surface area contributed by atoms with Crippen molar-refractivity contribution in [3.8, 4) is 0 Å². The molecule has 1 aliphatic carbocycles. The zero-order valence-corrected chi connectivity index (χ0v) is 23.8. The fraction of sp³-hybridized carbons (Fsp3) is 0.333. The Hall–Kier alpha value is -2.29. The molecule has 12 heteroatoms. The molecule has 3 rings (SSSR count). The number of hydrogen-bond acceptors (Lipinski definition) is 5. The van der Waals surface area contributed by atoms with Crippen molar-refractivity contribution in [2.45, 2.75) is 44.0 Å². The van der Waals surface area contributed by atoms with Crippen LogP contribution in [0.2, 0.25) is 0 Å². The maximum atomic E-state index is 15.3. The van der Waals surface area contributed by atoms with E-state index in [0.717, 1.165) is 23.2 Å². The zero-order chi connectivity index (χ0) is 26.1. The van der Waals surface area contributed by atoms with E-state index in [1.54, 1.807) is 24.3 Å². The monoisotopic (exact) mass is 733 g/mol. The van der Waals surface area contributed by atoms with Gasteiger partial charge < -0.3 is 17.0 Å². The quantitative estimate of drug-likeness (QED) is 0.228. The van der Waals surface area contributed by atoms with Gasteiger partial charge in [-0.2, -0.15) is 14.9 Å². The van der Waals surface area contributed by atoms with Crippen LogP contribution in [0.25, 0.3) is 0 Å². The maximum absolute atomic E-state index is 15.3. The first-order chi connectivity index (χ1) is 16.6. The Kier molecular flexibility index (Phi) is 12.7. The van der Waals surface area contributed by atoms with E-state index in [-0.39, 0.29) is 44.1 Å². The van der Waals surface area contributed by atoms with E-state index in [1.807, 2.05) is 6.07 Å². The molecule has 0 aliphatic heterocycles. The fourth-order valence-electron chi connectivity index (χ4n) is 3.35. The van der Waals surface area contributed by atoms with E-state index in [4.69, 9.17) is 0 Å². The van der Waals surface area contributed by atoms with Gasteiger partial charge in [-0.3, -0.25) is 4.39 Å². The molecular formula is C24H26F5N5OU. The summed E-state index contributed by atoms with van der Waals surface area (Å²) >= 11 is 0. The summed E-state index contributed by atoms with van der Waals surface area (Å²) in [4.78, 5) is 3.70. The average Bonchev–Trinajstić information content (AvgIpc) is 3.32. The van der Waals surface area contributed by atoms with Crippen LogP contribution in [-0.2, 0) is 6.54 Å². The van der Waals surface area contributed by atoms with Gasteiger partial charge in [-0.15, -0.1) is 5.10 Å². The second-order valence-corrected chi connectivity index (χ2v) is 7.50. The molecule has 0 amide bonds. The second kappa shape index (κ2) is 14.5. The Balaban J connectivity index is 0.000000546. The number of aliphatic imine (C=N–C) groups is 1. The Morgan fingerprint density at radius 1 is 1.25 bits per heavy atom. The van der Waals surface area contributed by atoms with E-state index in [1.165, 1.54) is 6.92 Å². The van der Waals surface area contributed by atoms with E-state index in [9.17, 15) is 18.3 Å². The van der Waals surface area contributed by atoms with Crippen LogP contribution in [0.4, 0.5) is 22.0 Å². The molecule has 2 aromatic rings. The standard InChI is InChI=1S/C16H18F4N5O.C8H8F.U/c1-3-5-14(21-4-2)16(19,20)15(26,9-25-10-22-23-24-25)12-7-6-11(17)8-13(12)18;1-7(9)8-5-3-2-4-6-8;/h3,5,8,10,26H,1,4,6-7,9H2,2H3;2-7H,1H2;/q2*-1;+2/b5-3-,21-14?;;. The van der Waals surface area contributed by atoms with Crippen LogP contribution in [0.3, 0.4) is 0 Å². The molecular weight excluding hydrogens is 707 g/mol. The van der Waals surface area contributed by atoms with Crippen LogP contribution in [0, 0.1) is 45.0 Å². The summed E-state index contributed by atoms with van der Waals surface area (Å²) in [6, 6.07) is 8.89. The molecule has 1 heterocycles. The van der Waals surface area contributed by atoms with Crippen molar-refractivity contribution in [2.75, 3.05) is 6.54 Å². The van der Waals surface area contributed by atoms with Crippen LogP contribution < -0.4 is 0 Å². The van der Waals surface area contributed by atoms with Gasteiger partial charge in [0, 0.05) is 36.5 Å². The number of aromatic nitrogens is 4. The molecule has 0 bridgehead atoms. The number of hydrogen-bond donors (Lipinski definition) is 1. The number of alkyl halides is 3. The van der Waals surface area contributed by atoms with Crippen molar-refractivity contribution in [3.63, 3.8) is 0 Å². The van der Waals surface area contributed by atoms with Gasteiger partial charge in [-0.05, 0) is 29.3 Å². The third-order valence-electron chi connectivity index (χ3n) is 5.07. The van der Waals surface area contributed by atoms with Crippen LogP contribution >= 0.6 is 0 Å². The molecule has 0 spiro atoms. The first kappa shape index (κ1) is 31.7. The van der Waals surface area contributed by atoms with Crippen molar-refractivity contribution >= 4 is 5.71 Å². The van der Waals surface area contributed by atoms with E-state index in [2.05, 4.69) is 34.4 Å². The van der Waals surface area contributed by atoms with Gasteiger partial charge >= 0.3 is 37.0 Å². The Morgan fingerprint density at radius 2 is 1.92 bits per heavy atom. The Labute approximate surface area is 230 Å². The van der Waals surface area contributed by atoms with Crippen molar-refractivity contribution < 1.29 is 58.2 Å². The molecule has 0 saturated heterocycles. The predicted octanol–water partition coefficient (Wildman–Crippen LogP) is 5.29. The Morgan fingerprint density at radius 3 is 2.39 bits per heavy atom. The van der Waals surface area contributed by atoms with Crippen LogP contribution in [0.15, 0.2) is 77.1 Å². The molecule has 36 heavy (non-hydrogen) atoms. The molecule has 2 unspecified atom stereocenters. The van der Waals surface area contributed by atoms with Crippen molar-refractivity contribution in [2.24, 2.45) is 4.99 Å². The molecule has 2 atom stereocenters. The molecule has 6 nitrogen and oxygen atoms in total. The SMILES string of the molecule is [CH2-]/C=C\C(=NCC)C(F)(F)C(O)(Cn1cnnn1)C1=C(F)C=C(F)CC1.[CH2-]C(F)c1ccccc1.[U+2]. The average molecular weight is 734 g/mol. The van der Waals surface area contributed by atoms with Gasteiger partial charge in [-0.25, -0.2) is 26.5 Å². The summed E-state index contributed by atoms with van der Waals surface area (Å²) in [5, 5.41) is 21.1. The van der Waals surface area contributed by atoms with E-state index >= 15 is 8.78 Å². The minimum absolute atomic E-state index is 0. The summed E-state index contributed by atoms with van der Waals surface area (Å²) in [6.45, 7) is 7.29. The molecule has 192 valence electrons. The summed E-state index contributed by atoms with van der Waals surface area (Å²) in [6.07, 6.45) is 1.71. The van der Waals surface area contributed by atoms with Crippen LogP contribution in [0.1, 0.15) is 31.5 Å². The molecule has 1 aromatic carbocycles. The third kappa shape index (κ3) is 7.85. The topological polar surface area (TPSA) is 76.2 Å². The third-order valence-corrected chi connectivity index (χ3v) is 5.07. The van der Waals surface area contributed by atoms with Crippen LogP contribution in [0.5, 0.6) is 0 Å². The number of aliphatic hydroxyl groups is 1. The Bertz CT molecular complexity index is 1070. The number of nitrogens with zero attached hydrogens (tertiary/aromatic N) is 5. The van der Waals surface area contributed by atoms with Crippen molar-refractivity contribution in [3.05, 3.63) is 91.5 Å². The smallest absolute Gasteiger partial charge is 0.377 e.